The third-order valence-electron chi connectivity index (χ3n) is 6.68. The standard InChI is InChI=1S/C30H42N2O2S/c1-2-3-4-5-6-7-8-9-10-11-12-13-14-17-26-21-23-28(24-22-26)35(33,34)32-29-20-15-18-27-19-16-25-31-30(27)29/h15-16,18-25,32H,2-14,17H2,1H3. The SMILES string of the molecule is CCCCCCCCCCCCCCCc1ccc(S(=O)(=O)Nc2cccc3cccnc23)cc1. The van der Waals surface area contributed by atoms with Crippen molar-refractivity contribution in [2.75, 3.05) is 4.72 Å². The molecule has 3 rings (SSSR count). The number of nitrogens with zero attached hydrogens (tertiary/aromatic N) is 1. The lowest BCUT2D eigenvalue weighted by Crippen LogP contribution is -2.13. The number of sulfonamides is 1. The Labute approximate surface area is 212 Å². The molecule has 0 aliphatic heterocycles. The number of pyridine rings is 1. The number of unbranched alkanes of at least 4 members (excludes halogenated alkanes) is 12. The summed E-state index contributed by atoms with van der Waals surface area (Å²) in [5.41, 5.74) is 2.34. The minimum atomic E-state index is -3.66. The lowest BCUT2D eigenvalue weighted by atomic mass is 10.0. The van der Waals surface area contributed by atoms with E-state index in [9.17, 15) is 8.42 Å². The summed E-state index contributed by atoms with van der Waals surface area (Å²) in [7, 11) is -3.66. The van der Waals surface area contributed by atoms with Gasteiger partial charge in [0.2, 0.25) is 0 Å². The average molecular weight is 495 g/mol. The van der Waals surface area contributed by atoms with E-state index in [-0.39, 0.29) is 4.90 Å². The molecule has 3 aromatic rings. The van der Waals surface area contributed by atoms with Crippen molar-refractivity contribution in [1.82, 2.24) is 4.98 Å². The van der Waals surface area contributed by atoms with Gasteiger partial charge in [0, 0.05) is 11.6 Å². The van der Waals surface area contributed by atoms with Crippen molar-refractivity contribution in [2.24, 2.45) is 0 Å². The highest BCUT2D eigenvalue weighted by Gasteiger charge is 2.15. The minimum absolute atomic E-state index is 0.277. The van der Waals surface area contributed by atoms with Crippen molar-refractivity contribution in [3.63, 3.8) is 0 Å². The fourth-order valence-electron chi connectivity index (χ4n) is 4.57. The van der Waals surface area contributed by atoms with Crippen molar-refractivity contribution in [2.45, 2.75) is 102 Å². The van der Waals surface area contributed by atoms with Gasteiger partial charge in [-0.3, -0.25) is 9.71 Å². The molecule has 1 N–H and O–H groups in total. The monoisotopic (exact) mass is 494 g/mol. The van der Waals surface area contributed by atoms with Crippen LogP contribution in [-0.4, -0.2) is 13.4 Å². The molecule has 0 fully saturated rings. The van der Waals surface area contributed by atoms with Crippen LogP contribution in [0.4, 0.5) is 5.69 Å². The van der Waals surface area contributed by atoms with Gasteiger partial charge in [-0.2, -0.15) is 0 Å². The highest BCUT2D eigenvalue weighted by molar-refractivity contribution is 7.92. The molecule has 0 aliphatic rings. The maximum absolute atomic E-state index is 12.9. The first-order chi connectivity index (χ1) is 17.1. The Morgan fingerprint density at radius 2 is 1.26 bits per heavy atom. The van der Waals surface area contributed by atoms with Gasteiger partial charge >= 0.3 is 0 Å². The predicted molar refractivity (Wildman–Crippen MR) is 148 cm³/mol. The zero-order valence-electron chi connectivity index (χ0n) is 21.3. The Morgan fingerprint density at radius 1 is 0.686 bits per heavy atom. The van der Waals surface area contributed by atoms with Crippen LogP contribution in [-0.2, 0) is 16.4 Å². The van der Waals surface area contributed by atoms with E-state index in [1.165, 1.54) is 82.6 Å². The Bertz CT molecular complexity index is 1110. The number of benzene rings is 2. The van der Waals surface area contributed by atoms with Gasteiger partial charge in [-0.1, -0.05) is 114 Å². The second-order valence-corrected chi connectivity index (χ2v) is 11.3. The number of para-hydroxylation sites is 1. The molecule has 0 aliphatic carbocycles. The fourth-order valence-corrected chi connectivity index (χ4v) is 5.64. The molecule has 0 saturated heterocycles. The molecule has 4 nitrogen and oxygen atoms in total. The summed E-state index contributed by atoms with van der Waals surface area (Å²) in [6.45, 7) is 2.27. The second-order valence-electron chi connectivity index (χ2n) is 9.62. The molecule has 1 aromatic heterocycles. The Morgan fingerprint density at radius 3 is 1.89 bits per heavy atom. The van der Waals surface area contributed by atoms with Crippen LogP contribution in [0.2, 0.25) is 0 Å². The molecule has 0 atom stereocenters. The van der Waals surface area contributed by atoms with E-state index >= 15 is 0 Å². The minimum Gasteiger partial charge on any atom is -0.277 e. The first kappa shape index (κ1) is 27.2. The lowest BCUT2D eigenvalue weighted by molar-refractivity contribution is 0.539. The van der Waals surface area contributed by atoms with Crippen LogP contribution in [0.3, 0.4) is 0 Å². The number of fused-ring (bicyclic) bond motifs is 1. The van der Waals surface area contributed by atoms with Crippen molar-refractivity contribution in [3.05, 3.63) is 66.4 Å². The van der Waals surface area contributed by atoms with Gasteiger partial charge < -0.3 is 0 Å². The van der Waals surface area contributed by atoms with Gasteiger partial charge in [-0.25, -0.2) is 8.42 Å². The molecule has 0 radical (unpaired) electrons. The van der Waals surface area contributed by atoms with Crippen molar-refractivity contribution in [1.29, 1.82) is 0 Å². The largest absolute Gasteiger partial charge is 0.277 e. The Hall–Kier alpha value is -2.40. The molecular weight excluding hydrogens is 452 g/mol. The van der Waals surface area contributed by atoms with E-state index in [4.69, 9.17) is 0 Å². The summed E-state index contributed by atoms with van der Waals surface area (Å²) in [6, 6.07) is 16.6. The number of aromatic nitrogens is 1. The first-order valence-electron chi connectivity index (χ1n) is 13.6. The summed E-state index contributed by atoms with van der Waals surface area (Å²) in [5.74, 6) is 0. The van der Waals surface area contributed by atoms with Gasteiger partial charge in [-0.05, 0) is 42.7 Å². The van der Waals surface area contributed by atoms with Crippen LogP contribution < -0.4 is 4.72 Å². The van der Waals surface area contributed by atoms with Crippen molar-refractivity contribution >= 4 is 26.6 Å². The van der Waals surface area contributed by atoms with Crippen LogP contribution in [0.5, 0.6) is 0 Å². The summed E-state index contributed by atoms with van der Waals surface area (Å²) in [6.07, 6.45) is 20.2. The number of rotatable bonds is 17. The van der Waals surface area contributed by atoms with Crippen LogP contribution in [0.15, 0.2) is 65.7 Å². The smallest absolute Gasteiger partial charge is 0.261 e. The van der Waals surface area contributed by atoms with E-state index in [2.05, 4.69) is 16.6 Å². The van der Waals surface area contributed by atoms with Gasteiger partial charge in [0.05, 0.1) is 16.1 Å². The molecule has 2 aromatic carbocycles. The van der Waals surface area contributed by atoms with Crippen molar-refractivity contribution in [3.8, 4) is 0 Å². The third kappa shape index (κ3) is 9.29. The van der Waals surface area contributed by atoms with Gasteiger partial charge in [0.15, 0.2) is 0 Å². The summed E-state index contributed by atoms with van der Waals surface area (Å²) >= 11 is 0. The van der Waals surface area contributed by atoms with E-state index in [0.717, 1.165) is 18.2 Å². The van der Waals surface area contributed by atoms with Gasteiger partial charge in [0.1, 0.15) is 0 Å². The quantitative estimate of drug-likeness (QED) is 0.191. The summed E-state index contributed by atoms with van der Waals surface area (Å²) < 4.78 is 28.5. The number of anilines is 1. The topological polar surface area (TPSA) is 59.1 Å². The van der Waals surface area contributed by atoms with Crippen LogP contribution >= 0.6 is 0 Å². The molecule has 5 heteroatoms. The number of hydrogen-bond acceptors (Lipinski definition) is 3. The highest BCUT2D eigenvalue weighted by Crippen LogP contribution is 2.24. The molecule has 0 unspecified atom stereocenters. The number of hydrogen-bond donors (Lipinski definition) is 1. The zero-order chi connectivity index (χ0) is 24.8. The van der Waals surface area contributed by atoms with Crippen LogP contribution in [0.1, 0.15) is 96.0 Å². The normalized spacial score (nSPS) is 11.7. The second kappa shape index (κ2) is 14.9. The fraction of sp³-hybridized carbons (Fsp3) is 0.500. The molecule has 35 heavy (non-hydrogen) atoms. The molecule has 0 spiro atoms. The molecule has 190 valence electrons. The first-order valence-corrected chi connectivity index (χ1v) is 15.0. The summed E-state index contributed by atoms with van der Waals surface area (Å²) in [4.78, 5) is 4.61. The predicted octanol–water partition coefficient (Wildman–Crippen LogP) is 8.67. The Balaban J connectivity index is 1.33. The van der Waals surface area contributed by atoms with Crippen molar-refractivity contribution < 1.29 is 8.42 Å². The molecule has 1 heterocycles. The maximum atomic E-state index is 12.9. The maximum Gasteiger partial charge on any atom is 0.261 e. The third-order valence-corrected chi connectivity index (χ3v) is 8.06. The van der Waals surface area contributed by atoms with Crippen LogP contribution in [0.25, 0.3) is 10.9 Å². The molecule has 0 saturated carbocycles. The van der Waals surface area contributed by atoms with Gasteiger partial charge in [-0.15, -0.1) is 0 Å². The lowest BCUT2D eigenvalue weighted by Gasteiger charge is -2.11. The number of nitrogens with one attached hydrogen (secondary N) is 1. The average Bonchev–Trinajstić information content (AvgIpc) is 2.87. The van der Waals surface area contributed by atoms with E-state index in [0.29, 0.717) is 11.2 Å². The van der Waals surface area contributed by atoms with Gasteiger partial charge in [0.25, 0.3) is 10.0 Å². The summed E-state index contributed by atoms with van der Waals surface area (Å²) in [5, 5.41) is 0.904. The highest BCUT2D eigenvalue weighted by atomic mass is 32.2. The van der Waals surface area contributed by atoms with E-state index < -0.39 is 10.0 Å². The zero-order valence-corrected chi connectivity index (χ0v) is 22.2. The van der Waals surface area contributed by atoms with E-state index in [1.807, 2.05) is 36.4 Å². The Kier molecular flexibility index (Phi) is 11.6. The van der Waals surface area contributed by atoms with E-state index in [1.54, 1.807) is 24.4 Å². The van der Waals surface area contributed by atoms with Crippen LogP contribution in [0, 0.1) is 0 Å². The molecular formula is C30H42N2O2S. The number of aryl methyl sites for hydroxylation is 1. The molecule has 0 bridgehead atoms. The molecule has 0 amide bonds.